The lowest BCUT2D eigenvalue weighted by Gasteiger charge is -2.11. The largest absolute Gasteiger partial charge is 0.396 e. The van der Waals surface area contributed by atoms with Gasteiger partial charge in [0.15, 0.2) is 0 Å². The Labute approximate surface area is 83.9 Å². The highest BCUT2D eigenvalue weighted by Gasteiger charge is 2.19. The van der Waals surface area contributed by atoms with Crippen molar-refractivity contribution < 1.29 is 5.11 Å². The van der Waals surface area contributed by atoms with Crippen LogP contribution in [0.25, 0.3) is 0 Å². The molecule has 1 saturated heterocycles. The SMILES string of the molecule is Cc1c(CCO)cnn1C1CCNC1. The summed E-state index contributed by atoms with van der Waals surface area (Å²) in [6.45, 7) is 4.38. The van der Waals surface area contributed by atoms with Gasteiger partial charge >= 0.3 is 0 Å². The molecule has 0 bridgehead atoms. The number of nitrogens with one attached hydrogen (secondary N) is 1. The van der Waals surface area contributed by atoms with Gasteiger partial charge in [0, 0.05) is 18.8 Å². The second-order valence-electron chi connectivity index (χ2n) is 3.82. The molecule has 1 fully saturated rings. The number of aromatic nitrogens is 2. The first kappa shape index (κ1) is 9.68. The molecule has 0 aliphatic carbocycles. The number of rotatable bonds is 3. The molecule has 78 valence electrons. The number of hydrogen-bond donors (Lipinski definition) is 2. The highest BCUT2D eigenvalue weighted by atomic mass is 16.2. The summed E-state index contributed by atoms with van der Waals surface area (Å²) in [6, 6.07) is 0.502. The minimum absolute atomic E-state index is 0.204. The third kappa shape index (κ3) is 1.67. The van der Waals surface area contributed by atoms with Crippen LogP contribution in [0.2, 0.25) is 0 Å². The van der Waals surface area contributed by atoms with Gasteiger partial charge in [0.2, 0.25) is 0 Å². The number of nitrogens with zero attached hydrogens (tertiary/aromatic N) is 2. The summed E-state index contributed by atoms with van der Waals surface area (Å²) in [5.74, 6) is 0. The second kappa shape index (κ2) is 4.11. The normalized spacial score (nSPS) is 21.7. The highest BCUT2D eigenvalue weighted by molar-refractivity contribution is 5.17. The fourth-order valence-corrected chi connectivity index (χ4v) is 2.04. The minimum Gasteiger partial charge on any atom is -0.396 e. The van der Waals surface area contributed by atoms with Gasteiger partial charge in [-0.15, -0.1) is 0 Å². The van der Waals surface area contributed by atoms with E-state index in [2.05, 4.69) is 22.0 Å². The lowest BCUT2D eigenvalue weighted by Crippen LogP contribution is -2.15. The molecule has 1 aliphatic rings. The van der Waals surface area contributed by atoms with E-state index in [4.69, 9.17) is 5.11 Å². The highest BCUT2D eigenvalue weighted by Crippen LogP contribution is 2.18. The van der Waals surface area contributed by atoms with Crippen LogP contribution >= 0.6 is 0 Å². The second-order valence-corrected chi connectivity index (χ2v) is 3.82. The molecule has 0 saturated carbocycles. The molecule has 2 heterocycles. The van der Waals surface area contributed by atoms with Gasteiger partial charge in [-0.2, -0.15) is 5.10 Å². The number of aliphatic hydroxyl groups is 1. The van der Waals surface area contributed by atoms with Crippen LogP contribution < -0.4 is 5.32 Å². The monoisotopic (exact) mass is 195 g/mol. The van der Waals surface area contributed by atoms with Crippen molar-refractivity contribution in [3.05, 3.63) is 17.5 Å². The molecule has 1 unspecified atom stereocenters. The predicted octanol–water partition coefficient (Wildman–Crippen LogP) is 0.261. The zero-order chi connectivity index (χ0) is 9.97. The van der Waals surface area contributed by atoms with Crippen LogP contribution in [0.1, 0.15) is 23.7 Å². The molecule has 0 spiro atoms. The van der Waals surface area contributed by atoms with Crippen molar-refractivity contribution in [1.82, 2.24) is 15.1 Å². The molecule has 4 nitrogen and oxygen atoms in total. The quantitative estimate of drug-likeness (QED) is 0.727. The van der Waals surface area contributed by atoms with Gasteiger partial charge < -0.3 is 10.4 Å². The Morgan fingerprint density at radius 2 is 2.57 bits per heavy atom. The van der Waals surface area contributed by atoms with Crippen molar-refractivity contribution >= 4 is 0 Å². The molecule has 0 amide bonds. The lowest BCUT2D eigenvalue weighted by molar-refractivity contribution is 0.299. The molecule has 0 radical (unpaired) electrons. The van der Waals surface area contributed by atoms with Gasteiger partial charge in [0.25, 0.3) is 0 Å². The van der Waals surface area contributed by atoms with Crippen LogP contribution in [0.3, 0.4) is 0 Å². The van der Waals surface area contributed by atoms with Gasteiger partial charge in [-0.3, -0.25) is 4.68 Å². The summed E-state index contributed by atoms with van der Waals surface area (Å²) in [5.41, 5.74) is 2.37. The van der Waals surface area contributed by atoms with Gasteiger partial charge in [-0.05, 0) is 31.9 Å². The summed E-state index contributed by atoms with van der Waals surface area (Å²) >= 11 is 0. The maximum atomic E-state index is 8.87. The van der Waals surface area contributed by atoms with Crippen molar-refractivity contribution in [3.63, 3.8) is 0 Å². The average molecular weight is 195 g/mol. The van der Waals surface area contributed by atoms with Crippen LogP contribution in [0.5, 0.6) is 0 Å². The van der Waals surface area contributed by atoms with E-state index in [1.54, 1.807) is 0 Å². The molecule has 1 atom stereocenters. The zero-order valence-electron chi connectivity index (χ0n) is 8.53. The van der Waals surface area contributed by atoms with Gasteiger partial charge in [0.05, 0.1) is 12.2 Å². The Hall–Kier alpha value is -0.870. The predicted molar refractivity (Wildman–Crippen MR) is 54.3 cm³/mol. The summed E-state index contributed by atoms with van der Waals surface area (Å²) < 4.78 is 2.09. The first-order valence-corrected chi connectivity index (χ1v) is 5.17. The van der Waals surface area contributed by atoms with Crippen LogP contribution in [0, 0.1) is 6.92 Å². The molecular weight excluding hydrogens is 178 g/mol. The van der Waals surface area contributed by atoms with Gasteiger partial charge in [-0.1, -0.05) is 0 Å². The van der Waals surface area contributed by atoms with E-state index in [-0.39, 0.29) is 6.61 Å². The Morgan fingerprint density at radius 3 is 3.21 bits per heavy atom. The molecule has 2 rings (SSSR count). The van der Waals surface area contributed by atoms with Crippen molar-refractivity contribution in [3.8, 4) is 0 Å². The first-order chi connectivity index (χ1) is 6.83. The third-order valence-corrected chi connectivity index (χ3v) is 2.91. The molecule has 0 aromatic carbocycles. The topological polar surface area (TPSA) is 50.1 Å². The molecule has 14 heavy (non-hydrogen) atoms. The molecule has 1 aromatic heterocycles. The fraction of sp³-hybridized carbons (Fsp3) is 0.700. The zero-order valence-corrected chi connectivity index (χ0v) is 8.53. The Kier molecular flexibility index (Phi) is 2.84. The molecular formula is C10H17N3O. The summed E-state index contributed by atoms with van der Waals surface area (Å²) in [5, 5.41) is 16.6. The van der Waals surface area contributed by atoms with E-state index in [0.29, 0.717) is 12.5 Å². The van der Waals surface area contributed by atoms with Crippen molar-refractivity contribution in [2.24, 2.45) is 0 Å². The van der Waals surface area contributed by atoms with Crippen molar-refractivity contribution in [2.45, 2.75) is 25.8 Å². The van der Waals surface area contributed by atoms with E-state index in [9.17, 15) is 0 Å². The molecule has 2 N–H and O–H groups in total. The summed E-state index contributed by atoms with van der Waals surface area (Å²) in [4.78, 5) is 0. The summed E-state index contributed by atoms with van der Waals surface area (Å²) in [7, 11) is 0. The van der Waals surface area contributed by atoms with Crippen LogP contribution in [-0.2, 0) is 6.42 Å². The van der Waals surface area contributed by atoms with E-state index in [1.807, 2.05) is 6.20 Å². The van der Waals surface area contributed by atoms with E-state index >= 15 is 0 Å². The van der Waals surface area contributed by atoms with Crippen LogP contribution in [0.15, 0.2) is 6.20 Å². The first-order valence-electron chi connectivity index (χ1n) is 5.17. The van der Waals surface area contributed by atoms with E-state index < -0.39 is 0 Å². The standard InChI is InChI=1S/C10H17N3O/c1-8-9(3-5-14)6-12-13(8)10-2-4-11-7-10/h6,10-11,14H,2-5,7H2,1H3. The van der Waals surface area contributed by atoms with Crippen molar-refractivity contribution in [1.29, 1.82) is 0 Å². The fourth-order valence-electron chi connectivity index (χ4n) is 2.04. The number of aliphatic hydroxyl groups excluding tert-OH is 1. The maximum Gasteiger partial charge on any atom is 0.0658 e. The Morgan fingerprint density at radius 1 is 1.71 bits per heavy atom. The van der Waals surface area contributed by atoms with Crippen molar-refractivity contribution in [2.75, 3.05) is 19.7 Å². The Balaban J connectivity index is 2.17. The summed E-state index contributed by atoms with van der Waals surface area (Å²) in [6.07, 6.45) is 3.75. The molecule has 4 heteroatoms. The van der Waals surface area contributed by atoms with E-state index in [0.717, 1.165) is 19.5 Å². The van der Waals surface area contributed by atoms with E-state index in [1.165, 1.54) is 11.3 Å². The molecule has 1 aromatic rings. The maximum absolute atomic E-state index is 8.87. The molecule has 1 aliphatic heterocycles. The lowest BCUT2D eigenvalue weighted by atomic mass is 10.2. The third-order valence-electron chi connectivity index (χ3n) is 2.91. The van der Waals surface area contributed by atoms with Gasteiger partial charge in [0.1, 0.15) is 0 Å². The van der Waals surface area contributed by atoms with Gasteiger partial charge in [-0.25, -0.2) is 0 Å². The van der Waals surface area contributed by atoms with Crippen LogP contribution in [0.4, 0.5) is 0 Å². The average Bonchev–Trinajstić information content (AvgIpc) is 2.77. The van der Waals surface area contributed by atoms with Crippen LogP contribution in [-0.4, -0.2) is 34.6 Å². The Bertz CT molecular complexity index is 302. The minimum atomic E-state index is 0.204. The smallest absolute Gasteiger partial charge is 0.0658 e. The number of hydrogen-bond acceptors (Lipinski definition) is 3.